The van der Waals surface area contributed by atoms with Gasteiger partial charge in [0.05, 0.1) is 38.9 Å². The molecule has 196 valence electrons. The Labute approximate surface area is 211 Å². The number of carboxylic acids is 1. The van der Waals surface area contributed by atoms with E-state index in [0.717, 1.165) is 12.2 Å². The van der Waals surface area contributed by atoms with Crippen LogP contribution in [-0.2, 0) is 25.6 Å². The molecule has 3 atom stereocenters. The lowest BCUT2D eigenvalue weighted by atomic mass is 10.0. The lowest BCUT2D eigenvalue weighted by molar-refractivity contribution is -0.140. The molecule has 0 heterocycles. The number of nitrogens with one attached hydrogen (secondary N) is 2. The highest BCUT2D eigenvalue weighted by Crippen LogP contribution is 2.24. The number of thioether (sulfide) groups is 1. The number of amides is 2. The molecule has 1 rings (SSSR count). The Morgan fingerprint density at radius 1 is 1.06 bits per heavy atom. The van der Waals surface area contributed by atoms with Gasteiger partial charge in [0.15, 0.2) is 5.78 Å². The summed E-state index contributed by atoms with van der Waals surface area (Å²) in [5.41, 5.74) is 0.588. The second kappa shape index (κ2) is 15.3. The normalized spacial score (nSPS) is 13.5. The molecule has 0 saturated heterocycles. The Bertz CT molecular complexity index is 875. The number of ether oxygens (including phenoxy) is 2. The van der Waals surface area contributed by atoms with Gasteiger partial charge in [0, 0.05) is 5.56 Å². The standard InChI is InChI=1S/C25H38N2O7S/c1-7-16(4)13-35-14-20(28)19(12-23(30)31)26-25(32)24(15(2)3)27-22(29)11-17-10-18(33-5)8-9-21(17)34-6/h8-10,15-16,19,24H,7,11-14H2,1-6H3,(H,26,32)(H,27,29)(H,30,31)/t16?,19?,24-/m0/s1. The van der Waals surface area contributed by atoms with E-state index in [1.165, 1.54) is 26.0 Å². The predicted octanol–water partition coefficient (Wildman–Crippen LogP) is 2.70. The minimum Gasteiger partial charge on any atom is -0.497 e. The molecule has 0 radical (unpaired) electrons. The molecule has 1 aromatic rings. The van der Waals surface area contributed by atoms with E-state index in [1.54, 1.807) is 32.0 Å². The van der Waals surface area contributed by atoms with Gasteiger partial charge in [-0.25, -0.2) is 0 Å². The van der Waals surface area contributed by atoms with Crippen LogP contribution in [0, 0.1) is 11.8 Å². The third-order valence-corrected chi connectivity index (χ3v) is 6.83. The number of carbonyl (C=O) groups excluding carboxylic acids is 3. The van der Waals surface area contributed by atoms with Crippen LogP contribution in [0.2, 0.25) is 0 Å². The van der Waals surface area contributed by atoms with E-state index in [-0.39, 0.29) is 23.9 Å². The number of hydrogen-bond donors (Lipinski definition) is 3. The third kappa shape index (κ3) is 10.6. The molecule has 0 bridgehead atoms. The SMILES string of the molecule is CCC(C)CSCC(=O)C(CC(=O)O)NC(=O)[C@@H](NC(=O)Cc1cc(OC)ccc1OC)C(C)C. The number of methoxy groups -OCH3 is 2. The highest BCUT2D eigenvalue weighted by atomic mass is 32.2. The zero-order chi connectivity index (χ0) is 26.5. The molecule has 10 heteroatoms. The Balaban J connectivity index is 2.89. The molecule has 9 nitrogen and oxygen atoms in total. The van der Waals surface area contributed by atoms with Crippen molar-refractivity contribution in [2.75, 3.05) is 25.7 Å². The van der Waals surface area contributed by atoms with Crippen LogP contribution in [0.4, 0.5) is 0 Å². The summed E-state index contributed by atoms with van der Waals surface area (Å²) in [6, 6.07) is 2.97. The van der Waals surface area contributed by atoms with Crippen molar-refractivity contribution in [1.29, 1.82) is 0 Å². The maximum atomic E-state index is 13.0. The molecule has 1 aromatic carbocycles. The van der Waals surface area contributed by atoms with Crippen molar-refractivity contribution in [3.63, 3.8) is 0 Å². The van der Waals surface area contributed by atoms with Gasteiger partial charge >= 0.3 is 5.97 Å². The Morgan fingerprint density at radius 2 is 1.74 bits per heavy atom. The number of Topliss-reactive ketones (excluding diaryl/α,β-unsaturated/α-hetero) is 1. The molecule has 3 N–H and O–H groups in total. The van der Waals surface area contributed by atoms with E-state index in [1.807, 2.05) is 0 Å². The van der Waals surface area contributed by atoms with Crippen molar-refractivity contribution in [2.45, 2.75) is 59.0 Å². The molecule has 0 fully saturated rings. The number of benzene rings is 1. The van der Waals surface area contributed by atoms with Gasteiger partial charge < -0.3 is 25.2 Å². The number of carboxylic acid groups (broad SMARTS) is 1. The first kappa shape index (κ1) is 30.3. The second-order valence-electron chi connectivity index (χ2n) is 8.80. The summed E-state index contributed by atoms with van der Waals surface area (Å²) in [6.45, 7) is 7.65. The van der Waals surface area contributed by atoms with Gasteiger partial charge in [-0.2, -0.15) is 11.8 Å². The van der Waals surface area contributed by atoms with E-state index >= 15 is 0 Å². The number of hydrogen-bond acceptors (Lipinski definition) is 7. The maximum Gasteiger partial charge on any atom is 0.305 e. The van der Waals surface area contributed by atoms with Gasteiger partial charge in [0.2, 0.25) is 11.8 Å². The minimum absolute atomic E-state index is 0.0549. The molecule has 2 amide bonds. The van der Waals surface area contributed by atoms with Gasteiger partial charge in [-0.05, 0) is 35.8 Å². The summed E-state index contributed by atoms with van der Waals surface area (Å²) in [4.78, 5) is 49.8. The van der Waals surface area contributed by atoms with Crippen LogP contribution in [0.15, 0.2) is 18.2 Å². The van der Waals surface area contributed by atoms with Crippen LogP contribution in [0.5, 0.6) is 11.5 Å². The van der Waals surface area contributed by atoms with Crippen LogP contribution in [-0.4, -0.2) is 66.5 Å². The second-order valence-corrected chi connectivity index (χ2v) is 9.83. The fourth-order valence-electron chi connectivity index (χ4n) is 3.21. The number of ketones is 1. The number of rotatable bonds is 16. The van der Waals surface area contributed by atoms with Crippen molar-refractivity contribution in [3.05, 3.63) is 23.8 Å². The average molecular weight is 511 g/mol. The first-order valence-corrected chi connectivity index (χ1v) is 12.8. The molecule has 0 aliphatic carbocycles. The number of carbonyl (C=O) groups is 4. The van der Waals surface area contributed by atoms with E-state index in [4.69, 9.17) is 9.47 Å². The zero-order valence-corrected chi connectivity index (χ0v) is 22.2. The van der Waals surface area contributed by atoms with E-state index in [9.17, 15) is 24.3 Å². The Morgan fingerprint density at radius 3 is 2.29 bits per heavy atom. The smallest absolute Gasteiger partial charge is 0.305 e. The molecular formula is C25H38N2O7S. The summed E-state index contributed by atoms with van der Waals surface area (Å²) in [5, 5.41) is 14.5. The van der Waals surface area contributed by atoms with Crippen LogP contribution in [0.1, 0.15) is 46.1 Å². The maximum absolute atomic E-state index is 13.0. The average Bonchev–Trinajstić information content (AvgIpc) is 2.81. The largest absolute Gasteiger partial charge is 0.497 e. The summed E-state index contributed by atoms with van der Waals surface area (Å²) in [6.07, 6.45) is 0.405. The lowest BCUT2D eigenvalue weighted by Crippen LogP contribution is -2.54. The van der Waals surface area contributed by atoms with Crippen molar-refractivity contribution >= 4 is 35.3 Å². The number of aliphatic carboxylic acids is 1. The van der Waals surface area contributed by atoms with Crippen LogP contribution >= 0.6 is 11.8 Å². The quantitative estimate of drug-likeness (QED) is 0.309. The van der Waals surface area contributed by atoms with Crippen molar-refractivity contribution in [1.82, 2.24) is 10.6 Å². The van der Waals surface area contributed by atoms with Crippen LogP contribution < -0.4 is 20.1 Å². The van der Waals surface area contributed by atoms with Gasteiger partial charge in [0.25, 0.3) is 0 Å². The summed E-state index contributed by atoms with van der Waals surface area (Å²) < 4.78 is 10.5. The first-order valence-electron chi connectivity index (χ1n) is 11.6. The molecule has 35 heavy (non-hydrogen) atoms. The lowest BCUT2D eigenvalue weighted by Gasteiger charge is -2.25. The fourth-order valence-corrected chi connectivity index (χ4v) is 4.37. The molecule has 0 spiro atoms. The van der Waals surface area contributed by atoms with Gasteiger partial charge in [-0.15, -0.1) is 0 Å². The van der Waals surface area contributed by atoms with Gasteiger partial charge in [0.1, 0.15) is 17.5 Å². The van der Waals surface area contributed by atoms with Gasteiger partial charge in [-0.1, -0.05) is 34.1 Å². The highest BCUT2D eigenvalue weighted by molar-refractivity contribution is 7.99. The van der Waals surface area contributed by atoms with Crippen LogP contribution in [0.3, 0.4) is 0 Å². The molecular weight excluding hydrogens is 472 g/mol. The predicted molar refractivity (Wildman–Crippen MR) is 136 cm³/mol. The van der Waals surface area contributed by atoms with E-state index < -0.39 is 36.3 Å². The summed E-state index contributed by atoms with van der Waals surface area (Å²) in [5.74, 6) is -0.481. The Hall–Kier alpha value is -2.75. The van der Waals surface area contributed by atoms with E-state index in [2.05, 4.69) is 24.5 Å². The first-order chi connectivity index (χ1) is 16.5. The molecule has 0 aliphatic rings. The minimum atomic E-state index is -1.19. The summed E-state index contributed by atoms with van der Waals surface area (Å²) in [7, 11) is 3.01. The molecule has 0 saturated carbocycles. The third-order valence-electron chi connectivity index (χ3n) is 5.53. The van der Waals surface area contributed by atoms with Crippen molar-refractivity contribution < 1.29 is 33.8 Å². The topological polar surface area (TPSA) is 131 Å². The van der Waals surface area contributed by atoms with Crippen LogP contribution in [0.25, 0.3) is 0 Å². The molecule has 0 aromatic heterocycles. The van der Waals surface area contributed by atoms with Crippen molar-refractivity contribution in [2.24, 2.45) is 11.8 Å². The summed E-state index contributed by atoms with van der Waals surface area (Å²) >= 11 is 1.42. The molecule has 0 aliphatic heterocycles. The van der Waals surface area contributed by atoms with E-state index in [0.29, 0.717) is 23.0 Å². The fraction of sp³-hybridized carbons (Fsp3) is 0.600. The zero-order valence-electron chi connectivity index (χ0n) is 21.4. The Kier molecular flexibility index (Phi) is 13.2. The monoisotopic (exact) mass is 510 g/mol. The highest BCUT2D eigenvalue weighted by Gasteiger charge is 2.30. The van der Waals surface area contributed by atoms with Crippen molar-refractivity contribution in [3.8, 4) is 11.5 Å². The molecule has 2 unspecified atom stereocenters. The van der Waals surface area contributed by atoms with Gasteiger partial charge in [-0.3, -0.25) is 19.2 Å².